The van der Waals surface area contributed by atoms with Gasteiger partial charge in [-0.25, -0.2) is 0 Å². The zero-order chi connectivity index (χ0) is 18.3. The third-order valence-corrected chi connectivity index (χ3v) is 5.53. The molecule has 0 saturated carbocycles. The van der Waals surface area contributed by atoms with Gasteiger partial charge in [0.05, 0.1) is 20.3 Å². The van der Waals surface area contributed by atoms with Crippen molar-refractivity contribution in [1.29, 1.82) is 0 Å². The molecule has 0 saturated heterocycles. The van der Waals surface area contributed by atoms with E-state index in [1.165, 1.54) is 27.6 Å². The first-order chi connectivity index (χ1) is 12.6. The van der Waals surface area contributed by atoms with Crippen molar-refractivity contribution in [2.45, 2.75) is 32.4 Å². The van der Waals surface area contributed by atoms with Crippen molar-refractivity contribution in [2.24, 2.45) is 0 Å². The molecule has 3 nitrogen and oxygen atoms in total. The summed E-state index contributed by atoms with van der Waals surface area (Å²) in [4.78, 5) is 2.53. The Labute approximate surface area is 155 Å². The molecule has 1 aliphatic rings. The number of benzene rings is 3. The summed E-state index contributed by atoms with van der Waals surface area (Å²) in [5.41, 5.74) is 3.86. The largest absolute Gasteiger partial charge is 0.497 e. The number of rotatable bonds is 3. The van der Waals surface area contributed by atoms with Crippen molar-refractivity contribution in [3.8, 4) is 11.5 Å². The van der Waals surface area contributed by atoms with Gasteiger partial charge in [-0.2, -0.15) is 0 Å². The summed E-state index contributed by atoms with van der Waals surface area (Å²) < 4.78 is 11.2. The second-order valence-corrected chi connectivity index (χ2v) is 7.04. The van der Waals surface area contributed by atoms with Gasteiger partial charge in [0.25, 0.3) is 0 Å². The van der Waals surface area contributed by atoms with E-state index >= 15 is 0 Å². The van der Waals surface area contributed by atoms with E-state index in [-0.39, 0.29) is 6.04 Å². The van der Waals surface area contributed by atoms with Gasteiger partial charge in [-0.15, -0.1) is 0 Å². The Hall–Kier alpha value is -2.68. The molecule has 0 unspecified atom stereocenters. The third-order valence-electron chi connectivity index (χ3n) is 5.53. The van der Waals surface area contributed by atoms with Crippen LogP contribution in [0.25, 0.3) is 10.8 Å². The van der Waals surface area contributed by atoms with Crippen LogP contribution >= 0.6 is 0 Å². The molecule has 4 rings (SSSR count). The Morgan fingerprint density at radius 2 is 1.69 bits per heavy atom. The molecule has 0 aliphatic carbocycles. The van der Waals surface area contributed by atoms with Crippen LogP contribution < -0.4 is 14.4 Å². The van der Waals surface area contributed by atoms with Crippen LogP contribution in [0.5, 0.6) is 11.5 Å². The molecule has 0 fully saturated rings. The quantitative estimate of drug-likeness (QED) is 0.636. The SMILES string of the molecule is COc1cc2c(c(OC)c1)[C@@H](C)N(c1cccc3ccccc13)[C@H](C)C2. The van der Waals surface area contributed by atoms with Crippen LogP contribution in [0.3, 0.4) is 0 Å². The highest BCUT2D eigenvalue weighted by molar-refractivity contribution is 5.94. The molecule has 3 aromatic carbocycles. The van der Waals surface area contributed by atoms with Gasteiger partial charge < -0.3 is 14.4 Å². The van der Waals surface area contributed by atoms with Crippen LogP contribution in [0.1, 0.15) is 31.0 Å². The number of fused-ring (bicyclic) bond motifs is 2. The van der Waals surface area contributed by atoms with Crippen molar-refractivity contribution in [1.82, 2.24) is 0 Å². The minimum absolute atomic E-state index is 0.223. The van der Waals surface area contributed by atoms with Crippen LogP contribution in [0.2, 0.25) is 0 Å². The van der Waals surface area contributed by atoms with Crippen LogP contribution in [-0.2, 0) is 6.42 Å². The van der Waals surface area contributed by atoms with E-state index in [2.05, 4.69) is 67.3 Å². The Morgan fingerprint density at radius 3 is 2.46 bits per heavy atom. The summed E-state index contributed by atoms with van der Waals surface area (Å²) in [6.07, 6.45) is 0.969. The average molecular weight is 347 g/mol. The zero-order valence-electron chi connectivity index (χ0n) is 15.8. The molecule has 0 spiro atoms. The van der Waals surface area contributed by atoms with E-state index in [0.29, 0.717) is 6.04 Å². The third kappa shape index (κ3) is 2.59. The standard InChI is InChI=1S/C23H25NO2/c1-15-12-18-13-19(25-3)14-22(26-4)23(18)16(2)24(15)21-11-7-9-17-8-5-6-10-20(17)21/h5-11,13-16H,12H2,1-4H3/t15-,16-/m1/s1. The van der Waals surface area contributed by atoms with Crippen molar-refractivity contribution in [2.75, 3.05) is 19.1 Å². The van der Waals surface area contributed by atoms with Gasteiger partial charge in [0.2, 0.25) is 0 Å². The maximum Gasteiger partial charge on any atom is 0.128 e. The van der Waals surface area contributed by atoms with E-state index in [1.54, 1.807) is 14.2 Å². The lowest BCUT2D eigenvalue weighted by Crippen LogP contribution is -2.41. The van der Waals surface area contributed by atoms with E-state index in [1.807, 2.05) is 6.07 Å². The number of anilines is 1. The first kappa shape index (κ1) is 16.8. The number of hydrogen-bond donors (Lipinski definition) is 0. The first-order valence-corrected chi connectivity index (χ1v) is 9.15. The molecule has 1 aliphatic heterocycles. The lowest BCUT2D eigenvalue weighted by molar-refractivity contribution is 0.381. The highest BCUT2D eigenvalue weighted by Crippen LogP contribution is 2.44. The summed E-state index contributed by atoms with van der Waals surface area (Å²) in [6, 6.07) is 19.9. The second-order valence-electron chi connectivity index (χ2n) is 7.04. The first-order valence-electron chi connectivity index (χ1n) is 9.15. The maximum absolute atomic E-state index is 5.73. The van der Waals surface area contributed by atoms with Gasteiger partial charge in [0.1, 0.15) is 11.5 Å². The fourth-order valence-corrected chi connectivity index (χ4v) is 4.40. The van der Waals surface area contributed by atoms with Crippen LogP contribution in [0.4, 0.5) is 5.69 Å². The fraction of sp³-hybridized carbons (Fsp3) is 0.304. The monoisotopic (exact) mass is 347 g/mol. The second kappa shape index (κ2) is 6.56. The Kier molecular flexibility index (Phi) is 4.23. The van der Waals surface area contributed by atoms with Crippen molar-refractivity contribution in [3.05, 3.63) is 65.7 Å². The molecule has 1 heterocycles. The maximum atomic E-state index is 5.73. The lowest BCUT2D eigenvalue weighted by Gasteiger charge is -2.43. The predicted octanol–water partition coefficient (Wildman–Crippen LogP) is 5.37. The van der Waals surface area contributed by atoms with Crippen LogP contribution in [0, 0.1) is 0 Å². The topological polar surface area (TPSA) is 21.7 Å². The smallest absolute Gasteiger partial charge is 0.128 e. The minimum atomic E-state index is 0.223. The van der Waals surface area contributed by atoms with E-state index in [4.69, 9.17) is 9.47 Å². The Balaban J connectivity index is 1.88. The van der Waals surface area contributed by atoms with E-state index in [9.17, 15) is 0 Å². The van der Waals surface area contributed by atoms with E-state index in [0.717, 1.165) is 17.9 Å². The van der Waals surface area contributed by atoms with Crippen molar-refractivity contribution < 1.29 is 9.47 Å². The Bertz CT molecular complexity index is 945. The van der Waals surface area contributed by atoms with Gasteiger partial charge >= 0.3 is 0 Å². The number of ether oxygens (including phenoxy) is 2. The summed E-state index contributed by atoms with van der Waals surface area (Å²) in [5, 5.41) is 2.57. The zero-order valence-corrected chi connectivity index (χ0v) is 15.8. The van der Waals surface area contributed by atoms with Crippen molar-refractivity contribution in [3.63, 3.8) is 0 Å². The molecule has 0 bridgehead atoms. The van der Waals surface area contributed by atoms with Gasteiger partial charge in [0.15, 0.2) is 0 Å². The van der Waals surface area contributed by atoms with Gasteiger partial charge in [-0.1, -0.05) is 36.4 Å². The molecule has 0 N–H and O–H groups in total. The molecule has 3 aromatic rings. The fourth-order valence-electron chi connectivity index (χ4n) is 4.40. The molecular weight excluding hydrogens is 322 g/mol. The highest BCUT2D eigenvalue weighted by atomic mass is 16.5. The molecule has 26 heavy (non-hydrogen) atoms. The summed E-state index contributed by atoms with van der Waals surface area (Å²) in [7, 11) is 3.45. The molecule has 0 aromatic heterocycles. The minimum Gasteiger partial charge on any atom is -0.497 e. The Morgan fingerprint density at radius 1 is 0.923 bits per heavy atom. The number of hydrogen-bond acceptors (Lipinski definition) is 3. The van der Waals surface area contributed by atoms with Crippen LogP contribution in [0.15, 0.2) is 54.6 Å². The molecule has 0 amide bonds. The number of nitrogens with zero attached hydrogens (tertiary/aromatic N) is 1. The predicted molar refractivity (Wildman–Crippen MR) is 108 cm³/mol. The van der Waals surface area contributed by atoms with Crippen molar-refractivity contribution >= 4 is 16.5 Å². The van der Waals surface area contributed by atoms with Gasteiger partial charge in [-0.3, -0.25) is 0 Å². The summed E-state index contributed by atoms with van der Waals surface area (Å²) in [5.74, 6) is 1.77. The molecule has 3 heteroatoms. The molecule has 134 valence electrons. The van der Waals surface area contributed by atoms with E-state index < -0.39 is 0 Å². The lowest BCUT2D eigenvalue weighted by atomic mass is 9.87. The highest BCUT2D eigenvalue weighted by Gasteiger charge is 2.33. The molecule has 2 atom stereocenters. The van der Waals surface area contributed by atoms with Gasteiger partial charge in [-0.05, 0) is 43.4 Å². The number of methoxy groups -OCH3 is 2. The summed E-state index contributed by atoms with van der Waals surface area (Å²) >= 11 is 0. The summed E-state index contributed by atoms with van der Waals surface area (Å²) in [6.45, 7) is 4.57. The van der Waals surface area contributed by atoms with Crippen LogP contribution in [-0.4, -0.2) is 20.3 Å². The van der Waals surface area contributed by atoms with Gasteiger partial charge in [0, 0.05) is 28.7 Å². The average Bonchev–Trinajstić information content (AvgIpc) is 2.67. The molecular formula is C23H25NO2. The molecule has 0 radical (unpaired) electrons. The normalized spacial score (nSPS) is 19.3.